The van der Waals surface area contributed by atoms with Crippen molar-refractivity contribution < 1.29 is 4.65 Å². The van der Waals surface area contributed by atoms with E-state index in [0.29, 0.717) is 6.92 Å². The Morgan fingerprint density at radius 3 is 1.40 bits per heavy atom. The average molecular weight is 242 g/mol. The second kappa shape index (κ2) is 4.38. The first-order chi connectivity index (χ1) is 6.68. The van der Waals surface area contributed by atoms with Crippen molar-refractivity contribution in [2.24, 2.45) is 0 Å². The molecule has 0 aromatic carbocycles. The van der Waals surface area contributed by atoms with Gasteiger partial charge < -0.3 is 4.65 Å². The van der Waals surface area contributed by atoms with Gasteiger partial charge in [0, 0.05) is 23.3 Å². The Bertz CT molecular complexity index is 198. The highest BCUT2D eigenvalue weighted by atomic mass is 28.3. The van der Waals surface area contributed by atoms with Gasteiger partial charge in [0.05, 0.1) is 0 Å². The van der Waals surface area contributed by atoms with Gasteiger partial charge in [-0.25, -0.2) is 0 Å². The molecule has 0 aromatic rings. The fourth-order valence-corrected chi connectivity index (χ4v) is 8.11. The normalized spacial score (nSPS) is 28.6. The van der Waals surface area contributed by atoms with Crippen LogP contribution in [0.5, 0.6) is 0 Å². The highest BCUT2D eigenvalue weighted by Gasteiger charge is 2.50. The summed E-state index contributed by atoms with van der Waals surface area (Å²) >= 11 is 0. The first-order valence-electron chi connectivity index (χ1n) is 6.20. The minimum absolute atomic E-state index is 0.573. The molecule has 4 heteroatoms. The SMILES string of the molecule is COB1[C@H]([Si](C)(C)C)CC[C@@H]1[Si](C)(C)C. The van der Waals surface area contributed by atoms with E-state index in [9.17, 15) is 0 Å². The third-order valence-electron chi connectivity index (χ3n) is 4.08. The fraction of sp³-hybridized carbons (Fsp3) is 1.00. The molecule has 0 aromatic heterocycles. The predicted molar refractivity (Wildman–Crippen MR) is 76.2 cm³/mol. The van der Waals surface area contributed by atoms with Crippen LogP contribution in [0.4, 0.5) is 0 Å². The Hall–Kier alpha value is 0.459. The Kier molecular flexibility index (Phi) is 3.95. The summed E-state index contributed by atoms with van der Waals surface area (Å²) in [6, 6.07) is 0. The third-order valence-corrected chi connectivity index (χ3v) is 9.76. The Morgan fingerprint density at radius 1 is 0.867 bits per heavy atom. The second-order valence-corrected chi connectivity index (χ2v) is 18.2. The largest absolute Gasteiger partial charge is 0.439 e. The third kappa shape index (κ3) is 2.98. The van der Waals surface area contributed by atoms with Crippen molar-refractivity contribution in [2.75, 3.05) is 7.11 Å². The predicted octanol–water partition coefficient (Wildman–Crippen LogP) is 3.91. The van der Waals surface area contributed by atoms with Gasteiger partial charge in [-0.1, -0.05) is 52.1 Å². The molecule has 1 rings (SSSR count). The van der Waals surface area contributed by atoms with Crippen molar-refractivity contribution >= 4 is 23.1 Å². The highest BCUT2D eigenvalue weighted by Crippen LogP contribution is 2.48. The van der Waals surface area contributed by atoms with Gasteiger partial charge in [0.25, 0.3) is 6.92 Å². The molecule has 1 saturated heterocycles. The molecule has 0 amide bonds. The highest BCUT2D eigenvalue weighted by molar-refractivity contribution is 6.96. The standard InChI is InChI=1S/C11H27BOSi2/c1-13-12-10(14(2,3)4)8-9-11(12)15(5,6)7/h10-11H,8-9H2,1-7H3/t10-,11+. The Morgan fingerprint density at radius 2 is 1.20 bits per heavy atom. The van der Waals surface area contributed by atoms with Crippen LogP contribution in [0.2, 0.25) is 50.2 Å². The summed E-state index contributed by atoms with van der Waals surface area (Å²) in [6.45, 7) is 15.6. The number of rotatable bonds is 3. The van der Waals surface area contributed by atoms with Gasteiger partial charge in [-0.05, 0) is 10.9 Å². The van der Waals surface area contributed by atoms with Crippen molar-refractivity contribution in [3.8, 4) is 0 Å². The summed E-state index contributed by atoms with van der Waals surface area (Å²) in [6.07, 6.45) is 2.84. The summed E-state index contributed by atoms with van der Waals surface area (Å²) in [4.78, 5) is 0. The van der Waals surface area contributed by atoms with Crippen LogP contribution in [0.25, 0.3) is 0 Å². The summed E-state index contributed by atoms with van der Waals surface area (Å²) in [5.41, 5.74) is 1.78. The molecule has 0 saturated carbocycles. The molecule has 0 radical (unpaired) electrons. The molecule has 88 valence electrons. The van der Waals surface area contributed by atoms with E-state index >= 15 is 0 Å². The van der Waals surface area contributed by atoms with Crippen molar-refractivity contribution in [1.29, 1.82) is 0 Å². The zero-order valence-corrected chi connectivity index (χ0v) is 13.6. The monoisotopic (exact) mass is 242 g/mol. The average Bonchev–Trinajstić information content (AvgIpc) is 2.43. The summed E-state index contributed by atoms with van der Waals surface area (Å²) in [5.74, 6) is 0. The number of hydrogen-bond acceptors (Lipinski definition) is 1. The van der Waals surface area contributed by atoms with E-state index in [2.05, 4.69) is 39.3 Å². The molecule has 0 spiro atoms. The molecule has 1 aliphatic rings. The van der Waals surface area contributed by atoms with Crippen LogP contribution < -0.4 is 0 Å². The molecular formula is C11H27BOSi2. The maximum absolute atomic E-state index is 5.86. The van der Waals surface area contributed by atoms with E-state index in [0.717, 1.165) is 10.9 Å². The second-order valence-electron chi connectivity index (χ2n) is 7.22. The maximum atomic E-state index is 5.86. The van der Waals surface area contributed by atoms with Gasteiger partial charge in [0.1, 0.15) is 0 Å². The topological polar surface area (TPSA) is 9.23 Å². The van der Waals surface area contributed by atoms with E-state index in [1.54, 1.807) is 0 Å². The zero-order valence-electron chi connectivity index (χ0n) is 11.6. The van der Waals surface area contributed by atoms with Crippen LogP contribution in [0.1, 0.15) is 12.8 Å². The lowest BCUT2D eigenvalue weighted by atomic mass is 9.65. The first-order valence-corrected chi connectivity index (χ1v) is 13.4. The zero-order chi connectivity index (χ0) is 11.9. The minimum atomic E-state index is -1.03. The van der Waals surface area contributed by atoms with Crippen molar-refractivity contribution in [2.45, 2.75) is 63.0 Å². The van der Waals surface area contributed by atoms with Gasteiger partial charge >= 0.3 is 0 Å². The van der Waals surface area contributed by atoms with E-state index in [-0.39, 0.29) is 0 Å². The lowest BCUT2D eigenvalue weighted by molar-refractivity contribution is 0.417. The molecule has 1 aliphatic heterocycles. The quantitative estimate of drug-likeness (QED) is 0.682. The van der Waals surface area contributed by atoms with Gasteiger partial charge in [-0.15, -0.1) is 0 Å². The van der Waals surface area contributed by atoms with E-state index in [4.69, 9.17) is 4.65 Å². The maximum Gasteiger partial charge on any atom is 0.293 e. The first kappa shape index (κ1) is 13.5. The molecule has 1 heterocycles. The van der Waals surface area contributed by atoms with Crippen LogP contribution in [0, 0.1) is 0 Å². The molecule has 0 bridgehead atoms. The van der Waals surface area contributed by atoms with Gasteiger partial charge in [-0.2, -0.15) is 0 Å². The van der Waals surface area contributed by atoms with Crippen LogP contribution in [-0.2, 0) is 4.65 Å². The van der Waals surface area contributed by atoms with Gasteiger partial charge in [0.15, 0.2) is 0 Å². The fourth-order valence-electron chi connectivity index (χ4n) is 3.15. The molecule has 15 heavy (non-hydrogen) atoms. The van der Waals surface area contributed by atoms with E-state index < -0.39 is 16.1 Å². The van der Waals surface area contributed by atoms with E-state index in [1.165, 1.54) is 12.8 Å². The lowest BCUT2D eigenvalue weighted by Gasteiger charge is -2.33. The summed E-state index contributed by atoms with van der Waals surface area (Å²) in [5, 5.41) is 0. The molecule has 0 N–H and O–H groups in total. The summed E-state index contributed by atoms with van der Waals surface area (Å²) in [7, 11) is -0.136. The number of hydrogen-bond donors (Lipinski definition) is 0. The molecule has 2 atom stereocenters. The lowest BCUT2D eigenvalue weighted by Crippen LogP contribution is -2.44. The van der Waals surface area contributed by atoms with Crippen molar-refractivity contribution in [1.82, 2.24) is 0 Å². The van der Waals surface area contributed by atoms with Crippen molar-refractivity contribution in [3.63, 3.8) is 0 Å². The van der Waals surface area contributed by atoms with Crippen molar-refractivity contribution in [3.05, 3.63) is 0 Å². The van der Waals surface area contributed by atoms with Crippen LogP contribution in [0.15, 0.2) is 0 Å². The Balaban J connectivity index is 2.83. The summed E-state index contributed by atoms with van der Waals surface area (Å²) < 4.78 is 5.86. The molecule has 0 unspecified atom stereocenters. The molecular weight excluding hydrogens is 215 g/mol. The smallest absolute Gasteiger partial charge is 0.293 e. The van der Waals surface area contributed by atoms with Crippen LogP contribution in [-0.4, -0.2) is 30.2 Å². The minimum Gasteiger partial charge on any atom is -0.439 e. The molecule has 1 fully saturated rings. The van der Waals surface area contributed by atoms with Gasteiger partial charge in [0.2, 0.25) is 0 Å². The van der Waals surface area contributed by atoms with Crippen LogP contribution >= 0.6 is 0 Å². The Labute approximate surface area is 98.1 Å². The molecule has 0 aliphatic carbocycles. The van der Waals surface area contributed by atoms with Gasteiger partial charge in [-0.3, -0.25) is 0 Å². The van der Waals surface area contributed by atoms with Crippen LogP contribution in [0.3, 0.4) is 0 Å². The van der Waals surface area contributed by atoms with E-state index in [1.807, 2.05) is 7.11 Å². The molecule has 1 nitrogen and oxygen atoms in total.